The molecule has 120 valence electrons. The minimum absolute atomic E-state index is 0.471. The number of aromatic nitrogens is 3. The first-order valence-electron chi connectivity index (χ1n) is 7.09. The maximum Gasteiger partial charge on any atom is 0.203 e. The van der Waals surface area contributed by atoms with Crippen LogP contribution < -0.4 is 19.5 Å². The highest BCUT2D eigenvalue weighted by Gasteiger charge is 2.13. The van der Waals surface area contributed by atoms with Crippen molar-refractivity contribution in [2.24, 2.45) is 0 Å². The minimum Gasteiger partial charge on any atom is -0.493 e. The lowest BCUT2D eigenvalue weighted by Crippen LogP contribution is -2.10. The number of hydrogen-bond donors (Lipinski definition) is 1. The summed E-state index contributed by atoms with van der Waals surface area (Å²) in [6.07, 6.45) is 0. The van der Waals surface area contributed by atoms with Gasteiger partial charge in [0.1, 0.15) is 12.2 Å². The first-order valence-corrected chi connectivity index (χ1v) is 7.09. The lowest BCUT2D eigenvalue weighted by atomic mass is 10.2. The number of fused-ring (bicyclic) bond motifs is 1. The highest BCUT2D eigenvalue weighted by molar-refractivity contribution is 5.74. The van der Waals surface area contributed by atoms with Gasteiger partial charge in [0.15, 0.2) is 11.5 Å². The minimum atomic E-state index is 0.471. The van der Waals surface area contributed by atoms with E-state index in [2.05, 4.69) is 15.6 Å². The number of nitrogens with one attached hydrogen (secondary N) is 1. The van der Waals surface area contributed by atoms with E-state index in [0.717, 1.165) is 16.7 Å². The molecular formula is C16H18N4O3. The summed E-state index contributed by atoms with van der Waals surface area (Å²) in [4.78, 5) is 0. The Bertz CT molecular complexity index is 791. The number of nitrogens with zero attached hydrogens (tertiary/aromatic N) is 3. The summed E-state index contributed by atoms with van der Waals surface area (Å²) in [6.45, 7) is 0.471. The molecule has 0 unspecified atom stereocenters. The lowest BCUT2D eigenvalue weighted by Gasteiger charge is -2.15. The third-order valence-corrected chi connectivity index (χ3v) is 3.52. The van der Waals surface area contributed by atoms with Crippen molar-refractivity contribution in [2.45, 2.75) is 6.67 Å². The molecule has 0 aliphatic heterocycles. The topological polar surface area (TPSA) is 70.4 Å². The number of hydrogen-bond acceptors (Lipinski definition) is 6. The normalized spacial score (nSPS) is 10.6. The summed E-state index contributed by atoms with van der Waals surface area (Å²) in [5, 5.41) is 11.6. The molecule has 7 heteroatoms. The first kappa shape index (κ1) is 15.0. The van der Waals surface area contributed by atoms with Crippen molar-refractivity contribution in [1.82, 2.24) is 15.0 Å². The van der Waals surface area contributed by atoms with E-state index in [1.54, 1.807) is 26.0 Å². The van der Waals surface area contributed by atoms with Crippen LogP contribution in [0, 0.1) is 0 Å². The van der Waals surface area contributed by atoms with E-state index in [4.69, 9.17) is 14.2 Å². The number of ether oxygens (including phenoxy) is 3. The maximum absolute atomic E-state index is 5.35. The van der Waals surface area contributed by atoms with E-state index in [0.29, 0.717) is 23.9 Å². The molecule has 1 N–H and O–H groups in total. The van der Waals surface area contributed by atoms with Gasteiger partial charge in [-0.3, -0.25) is 0 Å². The van der Waals surface area contributed by atoms with Gasteiger partial charge in [-0.1, -0.05) is 17.3 Å². The SMILES string of the molecule is COc1cc(NCn2nnc3ccccc32)cc(OC)c1OC. The zero-order chi connectivity index (χ0) is 16.2. The third-order valence-electron chi connectivity index (χ3n) is 3.52. The highest BCUT2D eigenvalue weighted by Crippen LogP contribution is 2.39. The molecule has 23 heavy (non-hydrogen) atoms. The van der Waals surface area contributed by atoms with Gasteiger partial charge in [-0.15, -0.1) is 5.10 Å². The zero-order valence-electron chi connectivity index (χ0n) is 13.2. The lowest BCUT2D eigenvalue weighted by molar-refractivity contribution is 0.324. The number of para-hydroxylation sites is 1. The van der Waals surface area contributed by atoms with Gasteiger partial charge in [0, 0.05) is 17.8 Å². The van der Waals surface area contributed by atoms with Gasteiger partial charge < -0.3 is 19.5 Å². The van der Waals surface area contributed by atoms with Crippen LogP contribution in [0.5, 0.6) is 17.2 Å². The molecule has 0 bridgehead atoms. The van der Waals surface area contributed by atoms with Crippen LogP contribution in [-0.4, -0.2) is 36.3 Å². The van der Waals surface area contributed by atoms with Crippen LogP contribution in [0.15, 0.2) is 36.4 Å². The van der Waals surface area contributed by atoms with Gasteiger partial charge >= 0.3 is 0 Å². The van der Waals surface area contributed by atoms with Crippen LogP contribution in [0.1, 0.15) is 0 Å². The predicted molar refractivity (Wildman–Crippen MR) is 87.2 cm³/mol. The van der Waals surface area contributed by atoms with Crippen LogP contribution in [0.4, 0.5) is 5.69 Å². The Morgan fingerprint density at radius 1 is 1.00 bits per heavy atom. The Morgan fingerprint density at radius 2 is 1.70 bits per heavy atom. The Kier molecular flexibility index (Phi) is 4.18. The van der Waals surface area contributed by atoms with Crippen LogP contribution in [0.25, 0.3) is 11.0 Å². The first-order chi connectivity index (χ1) is 11.3. The van der Waals surface area contributed by atoms with Gasteiger partial charge in [-0.2, -0.15) is 0 Å². The van der Waals surface area contributed by atoms with E-state index in [9.17, 15) is 0 Å². The number of rotatable bonds is 6. The smallest absolute Gasteiger partial charge is 0.203 e. The summed E-state index contributed by atoms with van der Waals surface area (Å²) in [6, 6.07) is 11.5. The molecule has 0 saturated heterocycles. The van der Waals surface area contributed by atoms with Gasteiger partial charge in [0.2, 0.25) is 5.75 Å². The van der Waals surface area contributed by atoms with Crippen molar-refractivity contribution in [2.75, 3.05) is 26.6 Å². The predicted octanol–water partition coefficient (Wildman–Crippen LogP) is 2.53. The number of benzene rings is 2. The van der Waals surface area contributed by atoms with Crippen LogP contribution in [-0.2, 0) is 6.67 Å². The third kappa shape index (κ3) is 2.85. The van der Waals surface area contributed by atoms with Gasteiger partial charge in [-0.25, -0.2) is 4.68 Å². The Hall–Kier alpha value is -2.96. The molecule has 0 fully saturated rings. The molecule has 0 saturated carbocycles. The molecule has 3 aromatic rings. The van der Waals surface area contributed by atoms with Gasteiger partial charge in [0.05, 0.1) is 26.8 Å². The zero-order valence-corrected chi connectivity index (χ0v) is 13.2. The maximum atomic E-state index is 5.35. The van der Waals surface area contributed by atoms with Crippen LogP contribution >= 0.6 is 0 Å². The van der Waals surface area contributed by atoms with E-state index in [-0.39, 0.29) is 0 Å². The quantitative estimate of drug-likeness (QED) is 0.754. The van der Waals surface area contributed by atoms with Crippen molar-refractivity contribution in [1.29, 1.82) is 0 Å². The fourth-order valence-electron chi connectivity index (χ4n) is 2.38. The van der Waals surface area contributed by atoms with Crippen molar-refractivity contribution >= 4 is 16.7 Å². The molecule has 0 amide bonds. The van der Waals surface area contributed by atoms with E-state index in [1.165, 1.54) is 0 Å². The van der Waals surface area contributed by atoms with E-state index < -0.39 is 0 Å². The summed E-state index contributed by atoms with van der Waals surface area (Å²) in [5.74, 6) is 1.75. The number of methoxy groups -OCH3 is 3. The summed E-state index contributed by atoms with van der Waals surface area (Å²) in [5.41, 5.74) is 2.66. The summed E-state index contributed by atoms with van der Waals surface area (Å²) < 4.78 is 17.8. The van der Waals surface area contributed by atoms with Crippen molar-refractivity contribution < 1.29 is 14.2 Å². The number of anilines is 1. The average Bonchev–Trinajstić information content (AvgIpc) is 3.02. The van der Waals surface area contributed by atoms with Crippen molar-refractivity contribution in [3.8, 4) is 17.2 Å². The Labute approximate surface area is 133 Å². The Morgan fingerprint density at radius 3 is 2.35 bits per heavy atom. The summed E-state index contributed by atoms with van der Waals surface area (Å²) >= 11 is 0. The molecule has 0 radical (unpaired) electrons. The van der Waals surface area contributed by atoms with E-state index in [1.807, 2.05) is 36.4 Å². The molecule has 1 aromatic heterocycles. The fraction of sp³-hybridized carbons (Fsp3) is 0.250. The van der Waals surface area contributed by atoms with Crippen molar-refractivity contribution in [3.63, 3.8) is 0 Å². The average molecular weight is 314 g/mol. The molecule has 2 aromatic carbocycles. The Balaban J connectivity index is 1.85. The van der Waals surface area contributed by atoms with Crippen LogP contribution in [0.3, 0.4) is 0 Å². The largest absolute Gasteiger partial charge is 0.493 e. The van der Waals surface area contributed by atoms with Gasteiger partial charge in [0.25, 0.3) is 0 Å². The second-order valence-corrected chi connectivity index (χ2v) is 4.83. The van der Waals surface area contributed by atoms with E-state index >= 15 is 0 Å². The molecule has 0 spiro atoms. The second kappa shape index (κ2) is 6.43. The molecule has 1 heterocycles. The van der Waals surface area contributed by atoms with Crippen molar-refractivity contribution in [3.05, 3.63) is 36.4 Å². The molecular weight excluding hydrogens is 296 g/mol. The standard InChI is InChI=1S/C16H18N4O3/c1-21-14-8-11(9-15(22-2)16(14)23-3)17-10-20-13-7-5-4-6-12(13)18-19-20/h4-9,17H,10H2,1-3H3. The monoisotopic (exact) mass is 314 g/mol. The summed E-state index contributed by atoms with van der Waals surface area (Å²) in [7, 11) is 4.76. The second-order valence-electron chi connectivity index (χ2n) is 4.83. The highest BCUT2D eigenvalue weighted by atomic mass is 16.5. The fourth-order valence-corrected chi connectivity index (χ4v) is 2.38. The van der Waals surface area contributed by atoms with Gasteiger partial charge in [-0.05, 0) is 12.1 Å². The van der Waals surface area contributed by atoms with Crippen LogP contribution in [0.2, 0.25) is 0 Å². The molecule has 7 nitrogen and oxygen atoms in total. The molecule has 0 atom stereocenters. The molecule has 3 rings (SSSR count). The molecule has 0 aliphatic carbocycles. The molecule has 0 aliphatic rings.